The Morgan fingerprint density at radius 2 is 1.96 bits per heavy atom. The molecule has 132 valence electrons. The second kappa shape index (κ2) is 6.59. The van der Waals surface area contributed by atoms with Crippen LogP contribution in [0.15, 0.2) is 35.3 Å². The highest BCUT2D eigenvalue weighted by Gasteiger charge is 2.39. The van der Waals surface area contributed by atoms with Gasteiger partial charge in [-0.1, -0.05) is 18.6 Å². The summed E-state index contributed by atoms with van der Waals surface area (Å²) in [5.41, 5.74) is 6.73. The third-order valence-electron chi connectivity index (χ3n) is 5.76. The molecule has 1 aromatic carbocycles. The van der Waals surface area contributed by atoms with Crippen LogP contribution in [0, 0.1) is 11.8 Å². The number of nitrogens with zero attached hydrogens (tertiary/aromatic N) is 2. The molecular formula is C19H24N4O2. The summed E-state index contributed by atoms with van der Waals surface area (Å²) in [4.78, 5) is 24.5. The van der Waals surface area contributed by atoms with Gasteiger partial charge < -0.3 is 11.1 Å². The molecule has 0 saturated heterocycles. The predicted octanol–water partition coefficient (Wildman–Crippen LogP) is 1.42. The molecule has 2 saturated carbocycles. The quantitative estimate of drug-likeness (QED) is 0.884. The maximum atomic E-state index is 12.6. The number of rotatable bonds is 3. The maximum absolute atomic E-state index is 12.6. The second-order valence-corrected chi connectivity index (χ2v) is 7.46. The molecule has 2 aliphatic carbocycles. The van der Waals surface area contributed by atoms with E-state index in [2.05, 4.69) is 10.4 Å². The first-order valence-corrected chi connectivity index (χ1v) is 9.11. The van der Waals surface area contributed by atoms with Crippen molar-refractivity contribution in [3.63, 3.8) is 0 Å². The van der Waals surface area contributed by atoms with Gasteiger partial charge in [-0.05, 0) is 49.7 Å². The first-order chi connectivity index (χ1) is 12.1. The minimum atomic E-state index is -0.122. The zero-order valence-corrected chi connectivity index (χ0v) is 14.2. The molecule has 2 atom stereocenters. The molecule has 4 rings (SSSR count). The minimum Gasteiger partial charge on any atom is -0.351 e. The van der Waals surface area contributed by atoms with Crippen LogP contribution in [0.25, 0.3) is 10.9 Å². The van der Waals surface area contributed by atoms with Crippen molar-refractivity contribution in [2.24, 2.45) is 17.6 Å². The fourth-order valence-corrected chi connectivity index (χ4v) is 4.68. The highest BCUT2D eigenvalue weighted by molar-refractivity contribution is 5.81. The van der Waals surface area contributed by atoms with Crippen LogP contribution in [-0.2, 0) is 11.3 Å². The fraction of sp³-hybridized carbons (Fsp3) is 0.526. The Morgan fingerprint density at radius 1 is 1.24 bits per heavy atom. The SMILES string of the molecule is NC1CC2CCCC(C1)C2NC(=O)Cn1ncc(=O)c2ccccc21. The van der Waals surface area contributed by atoms with E-state index in [1.807, 2.05) is 18.2 Å². The lowest BCUT2D eigenvalue weighted by Gasteiger charge is -2.45. The molecule has 6 nitrogen and oxygen atoms in total. The van der Waals surface area contributed by atoms with Gasteiger partial charge in [0.1, 0.15) is 6.54 Å². The van der Waals surface area contributed by atoms with Crippen LogP contribution in [0.1, 0.15) is 32.1 Å². The normalized spacial score (nSPS) is 28.7. The van der Waals surface area contributed by atoms with Crippen LogP contribution in [0.5, 0.6) is 0 Å². The fourth-order valence-electron chi connectivity index (χ4n) is 4.68. The number of hydrogen-bond acceptors (Lipinski definition) is 4. The third kappa shape index (κ3) is 3.18. The lowest BCUT2D eigenvalue weighted by molar-refractivity contribution is -0.124. The Labute approximate surface area is 146 Å². The van der Waals surface area contributed by atoms with Crippen molar-refractivity contribution in [1.29, 1.82) is 0 Å². The number of benzene rings is 1. The molecule has 25 heavy (non-hydrogen) atoms. The molecule has 2 aromatic rings. The molecule has 2 unspecified atom stereocenters. The summed E-state index contributed by atoms with van der Waals surface area (Å²) in [6.07, 6.45) is 6.81. The van der Waals surface area contributed by atoms with E-state index in [9.17, 15) is 9.59 Å². The van der Waals surface area contributed by atoms with Crippen LogP contribution in [0.3, 0.4) is 0 Å². The van der Waals surface area contributed by atoms with E-state index in [-0.39, 0.29) is 30.0 Å². The largest absolute Gasteiger partial charge is 0.351 e. The smallest absolute Gasteiger partial charge is 0.241 e. The number of fused-ring (bicyclic) bond motifs is 3. The molecule has 0 aliphatic heterocycles. The first-order valence-electron chi connectivity index (χ1n) is 9.11. The van der Waals surface area contributed by atoms with E-state index in [4.69, 9.17) is 5.73 Å². The van der Waals surface area contributed by atoms with Crippen molar-refractivity contribution < 1.29 is 4.79 Å². The van der Waals surface area contributed by atoms with E-state index in [0.29, 0.717) is 22.7 Å². The Bertz CT molecular complexity index is 833. The number of carbonyl (C=O) groups excluding carboxylic acids is 1. The molecule has 6 heteroatoms. The van der Waals surface area contributed by atoms with Gasteiger partial charge in [0.25, 0.3) is 0 Å². The minimum absolute atomic E-state index is 0.0429. The second-order valence-electron chi connectivity index (χ2n) is 7.46. The lowest BCUT2D eigenvalue weighted by atomic mass is 9.67. The van der Waals surface area contributed by atoms with Gasteiger partial charge in [0, 0.05) is 17.5 Å². The Kier molecular flexibility index (Phi) is 4.29. The predicted molar refractivity (Wildman–Crippen MR) is 96.0 cm³/mol. The Hall–Kier alpha value is -2.21. The molecule has 1 amide bonds. The number of carbonyl (C=O) groups is 1. The summed E-state index contributed by atoms with van der Waals surface area (Å²) in [6, 6.07) is 7.76. The van der Waals surface area contributed by atoms with Crippen LogP contribution in [0.2, 0.25) is 0 Å². The van der Waals surface area contributed by atoms with Crippen molar-refractivity contribution in [3.8, 4) is 0 Å². The molecule has 2 fully saturated rings. The van der Waals surface area contributed by atoms with Gasteiger partial charge in [0.15, 0.2) is 0 Å². The van der Waals surface area contributed by atoms with Crippen molar-refractivity contribution in [3.05, 3.63) is 40.7 Å². The topological polar surface area (TPSA) is 90.0 Å². The average molecular weight is 340 g/mol. The van der Waals surface area contributed by atoms with Crippen molar-refractivity contribution >= 4 is 16.8 Å². The molecule has 1 aromatic heterocycles. The Balaban J connectivity index is 1.52. The van der Waals surface area contributed by atoms with E-state index >= 15 is 0 Å². The Morgan fingerprint density at radius 3 is 2.72 bits per heavy atom. The van der Waals surface area contributed by atoms with Crippen LogP contribution < -0.4 is 16.5 Å². The lowest BCUT2D eigenvalue weighted by Crippen LogP contribution is -2.54. The maximum Gasteiger partial charge on any atom is 0.241 e. The summed E-state index contributed by atoms with van der Waals surface area (Å²) < 4.78 is 1.61. The zero-order valence-electron chi connectivity index (χ0n) is 14.2. The van der Waals surface area contributed by atoms with E-state index in [1.54, 1.807) is 10.7 Å². The number of amides is 1. The van der Waals surface area contributed by atoms with E-state index in [1.165, 1.54) is 12.6 Å². The van der Waals surface area contributed by atoms with E-state index < -0.39 is 0 Å². The van der Waals surface area contributed by atoms with Gasteiger partial charge in [0.2, 0.25) is 11.3 Å². The molecular weight excluding hydrogens is 316 g/mol. The number of nitrogens with two attached hydrogens (primary N) is 1. The number of para-hydroxylation sites is 1. The van der Waals surface area contributed by atoms with Crippen molar-refractivity contribution in [2.75, 3.05) is 0 Å². The van der Waals surface area contributed by atoms with Crippen LogP contribution >= 0.6 is 0 Å². The standard InChI is InChI=1S/C19H24N4O2/c20-14-8-12-4-3-5-13(9-14)19(12)22-18(25)11-23-16-7-2-1-6-15(16)17(24)10-21-23/h1-2,6-7,10,12-14,19H,3-5,8-9,11,20H2,(H,22,25). The van der Waals surface area contributed by atoms with Gasteiger partial charge in [0.05, 0.1) is 11.7 Å². The molecule has 0 radical (unpaired) electrons. The summed E-state index contributed by atoms with van der Waals surface area (Å²) in [7, 11) is 0. The summed E-state index contributed by atoms with van der Waals surface area (Å²) in [5, 5.41) is 7.97. The van der Waals surface area contributed by atoms with Gasteiger partial charge in [-0.2, -0.15) is 5.10 Å². The number of hydrogen-bond donors (Lipinski definition) is 2. The van der Waals surface area contributed by atoms with Crippen molar-refractivity contribution in [1.82, 2.24) is 15.1 Å². The molecule has 2 bridgehead atoms. The van der Waals surface area contributed by atoms with Gasteiger partial charge in [-0.3, -0.25) is 14.3 Å². The average Bonchev–Trinajstić information content (AvgIpc) is 2.58. The van der Waals surface area contributed by atoms with Gasteiger partial charge >= 0.3 is 0 Å². The van der Waals surface area contributed by atoms with Crippen LogP contribution in [0.4, 0.5) is 0 Å². The van der Waals surface area contributed by atoms with Crippen LogP contribution in [-0.4, -0.2) is 27.8 Å². The molecule has 0 spiro atoms. The summed E-state index contributed by atoms with van der Waals surface area (Å²) >= 11 is 0. The highest BCUT2D eigenvalue weighted by atomic mass is 16.2. The molecule has 1 heterocycles. The summed E-state index contributed by atoms with van der Waals surface area (Å²) in [6.45, 7) is 0.128. The monoisotopic (exact) mass is 340 g/mol. The molecule has 2 aliphatic rings. The van der Waals surface area contributed by atoms with E-state index in [0.717, 1.165) is 25.7 Å². The first kappa shape index (κ1) is 16.3. The third-order valence-corrected chi connectivity index (χ3v) is 5.76. The zero-order chi connectivity index (χ0) is 17.4. The summed E-state index contributed by atoms with van der Waals surface area (Å²) in [5.74, 6) is 0.939. The van der Waals surface area contributed by atoms with Gasteiger partial charge in [-0.15, -0.1) is 0 Å². The molecule has 3 N–H and O–H groups in total. The highest BCUT2D eigenvalue weighted by Crippen LogP contribution is 2.39. The number of nitrogens with one attached hydrogen (secondary N) is 1. The van der Waals surface area contributed by atoms with Gasteiger partial charge in [-0.25, -0.2) is 0 Å². The number of aromatic nitrogens is 2. The van der Waals surface area contributed by atoms with Crippen molar-refractivity contribution in [2.45, 2.75) is 50.7 Å².